The normalized spacial score (nSPS) is 11.6. The van der Waals surface area contributed by atoms with Gasteiger partial charge in [0.15, 0.2) is 9.84 Å². The quantitative estimate of drug-likeness (QED) is 0.693. The highest BCUT2D eigenvalue weighted by molar-refractivity contribution is 7.92. The number of sulfone groups is 1. The van der Waals surface area contributed by atoms with Crippen LogP contribution in [-0.2, 0) is 19.4 Å². The number of hydrogen-bond donors (Lipinski definition) is 1. The average molecular weight is 279 g/mol. The predicted molar refractivity (Wildman–Crippen MR) is 68.0 cm³/mol. The van der Waals surface area contributed by atoms with E-state index >= 15 is 0 Å². The third-order valence-electron chi connectivity index (χ3n) is 2.12. The van der Waals surface area contributed by atoms with E-state index in [0.29, 0.717) is 6.42 Å². The highest BCUT2D eigenvalue weighted by Gasteiger charge is 2.23. The second-order valence-electron chi connectivity index (χ2n) is 4.65. The first-order valence-corrected chi connectivity index (χ1v) is 7.70. The molecule has 0 aromatic rings. The van der Waals surface area contributed by atoms with E-state index in [1.165, 1.54) is 0 Å². The summed E-state index contributed by atoms with van der Waals surface area (Å²) in [6.07, 6.45) is 0.443. The zero-order valence-electron chi connectivity index (χ0n) is 11.0. The zero-order chi connectivity index (χ0) is 14.3. The Labute approximate surface area is 108 Å². The Kier molecular flexibility index (Phi) is 6.90. The molecule has 0 aliphatic carbocycles. The summed E-state index contributed by atoms with van der Waals surface area (Å²) < 4.78 is 23.0. The molecule has 7 heteroatoms. The summed E-state index contributed by atoms with van der Waals surface area (Å²) in [5, 5.41) is 8.70. The van der Waals surface area contributed by atoms with Crippen LogP contribution >= 0.6 is 0 Å². The van der Waals surface area contributed by atoms with Gasteiger partial charge in [0.25, 0.3) is 0 Å². The third-order valence-corrected chi connectivity index (χ3v) is 3.84. The first kappa shape index (κ1) is 16.9. The Balaban J connectivity index is 4.70. The Hall–Kier alpha value is -1.11. The molecule has 0 fully saturated rings. The van der Waals surface area contributed by atoms with Crippen LogP contribution < -0.4 is 0 Å². The van der Waals surface area contributed by atoms with Gasteiger partial charge in [0.2, 0.25) is 5.91 Å². The number of hydrogen-bond acceptors (Lipinski definition) is 4. The van der Waals surface area contributed by atoms with Crippen molar-refractivity contribution in [3.05, 3.63) is 0 Å². The first-order valence-electron chi connectivity index (χ1n) is 5.88. The summed E-state index contributed by atoms with van der Waals surface area (Å²) in [6, 6.07) is 0. The lowest BCUT2D eigenvalue weighted by Crippen LogP contribution is -2.41. The highest BCUT2D eigenvalue weighted by Crippen LogP contribution is 2.03. The van der Waals surface area contributed by atoms with Crippen LogP contribution in [0.15, 0.2) is 0 Å². The van der Waals surface area contributed by atoms with E-state index in [9.17, 15) is 18.0 Å². The number of amides is 1. The first-order chi connectivity index (χ1) is 8.18. The summed E-state index contributed by atoms with van der Waals surface area (Å²) >= 11 is 0. The number of carboxylic acid groups (broad SMARTS) is 1. The second-order valence-corrected chi connectivity index (χ2v) is 6.84. The van der Waals surface area contributed by atoms with E-state index in [0.717, 1.165) is 4.90 Å². The van der Waals surface area contributed by atoms with Gasteiger partial charge in [-0.3, -0.25) is 9.59 Å². The van der Waals surface area contributed by atoms with Gasteiger partial charge in [-0.15, -0.1) is 0 Å². The lowest BCUT2D eigenvalue weighted by atomic mass is 10.2. The zero-order valence-corrected chi connectivity index (χ0v) is 11.9. The van der Waals surface area contributed by atoms with Crippen LogP contribution in [-0.4, -0.2) is 54.9 Å². The molecular formula is C11H21NO5S. The van der Waals surface area contributed by atoms with Crippen molar-refractivity contribution in [1.29, 1.82) is 0 Å². The smallest absolute Gasteiger partial charge is 0.323 e. The van der Waals surface area contributed by atoms with Crippen molar-refractivity contribution >= 4 is 21.7 Å². The molecule has 18 heavy (non-hydrogen) atoms. The van der Waals surface area contributed by atoms with Gasteiger partial charge in [-0.25, -0.2) is 8.42 Å². The average Bonchev–Trinajstić information content (AvgIpc) is 2.13. The van der Waals surface area contributed by atoms with Gasteiger partial charge in [0.1, 0.15) is 12.3 Å². The van der Waals surface area contributed by atoms with Crippen molar-refractivity contribution in [2.24, 2.45) is 5.92 Å². The molecule has 6 nitrogen and oxygen atoms in total. The van der Waals surface area contributed by atoms with Gasteiger partial charge in [0.05, 0.1) is 5.75 Å². The van der Waals surface area contributed by atoms with Gasteiger partial charge < -0.3 is 10.0 Å². The number of rotatable bonds is 8. The van der Waals surface area contributed by atoms with E-state index in [-0.39, 0.29) is 18.2 Å². The molecule has 0 unspecified atom stereocenters. The van der Waals surface area contributed by atoms with Crippen LogP contribution in [0, 0.1) is 5.92 Å². The lowest BCUT2D eigenvalue weighted by Gasteiger charge is -2.22. The summed E-state index contributed by atoms with van der Waals surface area (Å²) in [5.41, 5.74) is 0. The summed E-state index contributed by atoms with van der Waals surface area (Å²) in [7, 11) is -3.43. The maximum absolute atomic E-state index is 11.8. The molecule has 0 aliphatic heterocycles. The fraction of sp³-hybridized carbons (Fsp3) is 0.818. The number of nitrogens with zero attached hydrogens (tertiary/aromatic N) is 1. The van der Waals surface area contributed by atoms with Crippen LogP contribution in [0.3, 0.4) is 0 Å². The topological polar surface area (TPSA) is 91.8 Å². The van der Waals surface area contributed by atoms with E-state index in [1.807, 2.05) is 13.8 Å². The number of carboxylic acids is 1. The Bertz CT molecular complexity index is 388. The molecule has 0 radical (unpaired) electrons. The molecule has 1 amide bonds. The minimum atomic E-state index is -3.43. The summed E-state index contributed by atoms with van der Waals surface area (Å²) in [6.45, 7) is 5.17. The third kappa shape index (κ3) is 7.26. The number of aliphatic carboxylic acids is 1. The standard InChI is InChI=1S/C11H21NO5S/c1-4-5-18(16,17)8-10(13)12(6-9(2)3)7-11(14)15/h9H,4-8H2,1-3H3,(H,14,15). The molecule has 0 aromatic heterocycles. The lowest BCUT2D eigenvalue weighted by molar-refractivity contribution is -0.143. The van der Waals surface area contributed by atoms with Crippen molar-refractivity contribution in [2.45, 2.75) is 27.2 Å². The van der Waals surface area contributed by atoms with Crippen LogP contribution in [0.2, 0.25) is 0 Å². The van der Waals surface area contributed by atoms with Crippen molar-refractivity contribution in [3.63, 3.8) is 0 Å². The Morgan fingerprint density at radius 2 is 1.83 bits per heavy atom. The molecule has 0 saturated carbocycles. The van der Waals surface area contributed by atoms with Crippen LogP contribution in [0.5, 0.6) is 0 Å². The van der Waals surface area contributed by atoms with Gasteiger partial charge in [-0.05, 0) is 12.3 Å². The fourth-order valence-corrected chi connectivity index (χ4v) is 2.85. The minimum Gasteiger partial charge on any atom is -0.480 e. The van der Waals surface area contributed by atoms with E-state index in [1.54, 1.807) is 6.92 Å². The molecule has 0 rings (SSSR count). The van der Waals surface area contributed by atoms with E-state index < -0.39 is 34.0 Å². The van der Waals surface area contributed by atoms with Crippen molar-refractivity contribution in [1.82, 2.24) is 4.90 Å². The predicted octanol–water partition coefficient (Wildman–Crippen LogP) is 0.380. The maximum Gasteiger partial charge on any atom is 0.323 e. The number of carbonyl (C=O) groups is 2. The summed E-state index contributed by atoms with van der Waals surface area (Å²) in [4.78, 5) is 23.5. The molecule has 0 spiro atoms. The minimum absolute atomic E-state index is 0.0542. The van der Waals surface area contributed by atoms with Crippen molar-refractivity contribution < 1.29 is 23.1 Å². The largest absolute Gasteiger partial charge is 0.480 e. The molecule has 0 bridgehead atoms. The van der Waals surface area contributed by atoms with Crippen LogP contribution in [0.25, 0.3) is 0 Å². The van der Waals surface area contributed by atoms with Crippen molar-refractivity contribution in [2.75, 3.05) is 24.6 Å². The molecule has 0 atom stereocenters. The van der Waals surface area contributed by atoms with Gasteiger partial charge in [-0.2, -0.15) is 0 Å². The Morgan fingerprint density at radius 1 is 1.28 bits per heavy atom. The summed E-state index contributed by atoms with van der Waals surface area (Å²) in [5.74, 6) is -2.36. The number of carbonyl (C=O) groups excluding carboxylic acids is 1. The SMILES string of the molecule is CCCS(=O)(=O)CC(=O)N(CC(=O)O)CC(C)C. The molecule has 0 aliphatic rings. The molecule has 106 valence electrons. The van der Waals surface area contributed by atoms with Crippen molar-refractivity contribution in [3.8, 4) is 0 Å². The van der Waals surface area contributed by atoms with Gasteiger partial charge >= 0.3 is 5.97 Å². The van der Waals surface area contributed by atoms with Crippen LogP contribution in [0.4, 0.5) is 0 Å². The monoisotopic (exact) mass is 279 g/mol. The molecule has 0 aromatic carbocycles. The molecule has 0 heterocycles. The Morgan fingerprint density at radius 3 is 2.22 bits per heavy atom. The highest BCUT2D eigenvalue weighted by atomic mass is 32.2. The fourth-order valence-electron chi connectivity index (χ4n) is 1.52. The van der Waals surface area contributed by atoms with Gasteiger partial charge in [-0.1, -0.05) is 20.8 Å². The van der Waals surface area contributed by atoms with Crippen LogP contribution in [0.1, 0.15) is 27.2 Å². The second kappa shape index (κ2) is 7.35. The van der Waals surface area contributed by atoms with Gasteiger partial charge in [0, 0.05) is 6.54 Å². The maximum atomic E-state index is 11.8. The molecule has 0 saturated heterocycles. The molecular weight excluding hydrogens is 258 g/mol. The van der Waals surface area contributed by atoms with E-state index in [4.69, 9.17) is 5.11 Å². The van der Waals surface area contributed by atoms with E-state index in [2.05, 4.69) is 0 Å². The molecule has 1 N–H and O–H groups in total.